The lowest BCUT2D eigenvalue weighted by molar-refractivity contribution is -0.132. The highest BCUT2D eigenvalue weighted by molar-refractivity contribution is 7.17. The van der Waals surface area contributed by atoms with Crippen molar-refractivity contribution in [2.24, 2.45) is 5.92 Å². The molecule has 0 saturated carbocycles. The molecule has 7 nitrogen and oxygen atoms in total. The lowest BCUT2D eigenvalue weighted by Gasteiger charge is -2.33. The first-order valence-electron chi connectivity index (χ1n) is 12.3. The summed E-state index contributed by atoms with van der Waals surface area (Å²) in [6.07, 6.45) is 5.50. The van der Waals surface area contributed by atoms with E-state index in [1.54, 1.807) is 6.92 Å². The van der Waals surface area contributed by atoms with Crippen molar-refractivity contribution in [2.75, 3.05) is 31.6 Å². The molecular formula is C26H32ClN3O4S. The molecule has 2 aliphatic rings. The van der Waals surface area contributed by atoms with Crippen molar-refractivity contribution in [3.63, 3.8) is 0 Å². The van der Waals surface area contributed by atoms with E-state index in [0.717, 1.165) is 49.7 Å². The van der Waals surface area contributed by atoms with Crippen LogP contribution in [-0.2, 0) is 22.4 Å². The molecule has 1 saturated heterocycles. The summed E-state index contributed by atoms with van der Waals surface area (Å²) < 4.78 is 5.26. The van der Waals surface area contributed by atoms with Crippen molar-refractivity contribution in [1.29, 1.82) is 0 Å². The Hall–Kier alpha value is -2.58. The number of esters is 1. The Morgan fingerprint density at radius 2 is 1.86 bits per heavy atom. The molecule has 2 heterocycles. The molecule has 2 N–H and O–H groups in total. The molecule has 1 aromatic heterocycles. The zero-order chi connectivity index (χ0) is 24.8. The zero-order valence-electron chi connectivity index (χ0n) is 20.0. The van der Waals surface area contributed by atoms with E-state index in [9.17, 15) is 14.4 Å². The minimum Gasteiger partial charge on any atom is -0.462 e. The Labute approximate surface area is 215 Å². The van der Waals surface area contributed by atoms with Gasteiger partial charge in [-0.2, -0.15) is 0 Å². The van der Waals surface area contributed by atoms with Crippen LogP contribution >= 0.6 is 22.9 Å². The average Bonchev–Trinajstić information content (AvgIpc) is 3.25. The fourth-order valence-electron chi connectivity index (χ4n) is 4.74. The number of nitrogens with zero attached hydrogens (tertiary/aromatic N) is 1. The van der Waals surface area contributed by atoms with E-state index in [4.69, 9.17) is 16.3 Å². The first-order chi connectivity index (χ1) is 17.0. The number of nitrogens with one attached hydrogen (secondary N) is 2. The first-order valence-corrected chi connectivity index (χ1v) is 13.6. The molecule has 0 radical (unpaired) electrons. The van der Waals surface area contributed by atoms with Crippen molar-refractivity contribution in [3.05, 3.63) is 51.9 Å². The van der Waals surface area contributed by atoms with Crippen LogP contribution in [0.3, 0.4) is 0 Å². The van der Waals surface area contributed by atoms with Crippen LogP contribution in [0.1, 0.15) is 64.3 Å². The number of rotatable bonds is 7. The number of hydrogen-bond donors (Lipinski definition) is 2. The van der Waals surface area contributed by atoms with Crippen LogP contribution in [0.2, 0.25) is 0 Å². The van der Waals surface area contributed by atoms with Crippen LogP contribution in [0.5, 0.6) is 0 Å². The van der Waals surface area contributed by atoms with Gasteiger partial charge >= 0.3 is 12.0 Å². The molecule has 1 aromatic carbocycles. The number of alkyl halides is 1. The van der Waals surface area contributed by atoms with E-state index in [2.05, 4.69) is 10.6 Å². The third-order valence-corrected chi connectivity index (χ3v) is 8.31. The Morgan fingerprint density at radius 1 is 1.14 bits per heavy atom. The van der Waals surface area contributed by atoms with Crippen molar-refractivity contribution >= 4 is 45.8 Å². The number of piperidine rings is 1. The van der Waals surface area contributed by atoms with E-state index in [1.165, 1.54) is 16.2 Å². The molecule has 1 atom stereocenters. The minimum absolute atomic E-state index is 0.0739. The Bertz CT molecular complexity index is 1050. The van der Waals surface area contributed by atoms with Crippen LogP contribution in [0, 0.1) is 5.92 Å². The smallest absolute Gasteiger partial charge is 0.341 e. The van der Waals surface area contributed by atoms with Crippen molar-refractivity contribution in [2.45, 2.75) is 50.8 Å². The molecule has 2 aromatic rings. The van der Waals surface area contributed by atoms with Crippen LogP contribution < -0.4 is 10.6 Å². The molecule has 0 bridgehead atoms. The Kier molecular flexibility index (Phi) is 8.68. The molecule has 9 heteroatoms. The lowest BCUT2D eigenvalue weighted by atomic mass is 9.95. The Morgan fingerprint density at radius 3 is 2.57 bits per heavy atom. The number of likely N-dealkylation sites (tertiary alicyclic amines) is 1. The number of urea groups is 1. The van der Waals surface area contributed by atoms with Gasteiger partial charge in [-0.05, 0) is 62.5 Å². The topological polar surface area (TPSA) is 87.7 Å². The molecule has 35 heavy (non-hydrogen) atoms. The molecule has 188 valence electrons. The van der Waals surface area contributed by atoms with Gasteiger partial charge in [0, 0.05) is 24.5 Å². The second-order valence-electron chi connectivity index (χ2n) is 9.01. The molecule has 4 rings (SSSR count). The highest BCUT2D eigenvalue weighted by Gasteiger charge is 2.29. The molecule has 1 aliphatic carbocycles. The van der Waals surface area contributed by atoms with Crippen LogP contribution in [0.25, 0.3) is 0 Å². The molecule has 1 aliphatic heterocycles. The zero-order valence-corrected chi connectivity index (χ0v) is 21.6. The number of carbonyl (C=O) groups excluding carboxylic acids is 3. The SMILES string of the molecule is CCOC(=O)c1c(NC(=O)NCC2CCN(C(=O)C(Cl)c3ccccc3)CC2)sc2c1CCCC2. The fraction of sp³-hybridized carbons (Fsp3) is 0.500. The van der Waals surface area contributed by atoms with E-state index in [-0.39, 0.29) is 23.8 Å². The maximum Gasteiger partial charge on any atom is 0.341 e. The predicted molar refractivity (Wildman–Crippen MR) is 138 cm³/mol. The summed E-state index contributed by atoms with van der Waals surface area (Å²) in [5, 5.41) is 5.73. The van der Waals surface area contributed by atoms with E-state index in [0.29, 0.717) is 36.8 Å². The highest BCUT2D eigenvalue weighted by atomic mass is 35.5. The third kappa shape index (κ3) is 6.16. The summed E-state index contributed by atoms with van der Waals surface area (Å²) in [5.74, 6) is -0.168. The van der Waals surface area contributed by atoms with Crippen LogP contribution in [0.4, 0.5) is 9.80 Å². The largest absolute Gasteiger partial charge is 0.462 e. The van der Waals surface area contributed by atoms with E-state index < -0.39 is 5.38 Å². The number of ether oxygens (including phenoxy) is 1. The number of fused-ring (bicyclic) bond motifs is 1. The number of thiophene rings is 1. The second kappa shape index (κ2) is 11.9. The van der Waals surface area contributed by atoms with Crippen molar-refractivity contribution < 1.29 is 19.1 Å². The third-order valence-electron chi connectivity index (χ3n) is 6.66. The average molecular weight is 518 g/mol. The van der Waals surface area contributed by atoms with Gasteiger partial charge in [-0.15, -0.1) is 22.9 Å². The number of anilines is 1. The molecular weight excluding hydrogens is 486 g/mol. The predicted octanol–water partition coefficient (Wildman–Crippen LogP) is 5.14. The van der Waals surface area contributed by atoms with Gasteiger partial charge in [-0.25, -0.2) is 9.59 Å². The minimum atomic E-state index is -0.679. The van der Waals surface area contributed by atoms with Gasteiger partial charge in [-0.3, -0.25) is 10.1 Å². The van der Waals surface area contributed by atoms with Crippen LogP contribution in [0.15, 0.2) is 30.3 Å². The number of carbonyl (C=O) groups is 3. The number of amides is 3. The fourth-order valence-corrected chi connectivity index (χ4v) is 6.30. The van der Waals surface area contributed by atoms with E-state index >= 15 is 0 Å². The van der Waals surface area contributed by atoms with Gasteiger partial charge in [0.25, 0.3) is 0 Å². The van der Waals surface area contributed by atoms with E-state index in [1.807, 2.05) is 35.2 Å². The summed E-state index contributed by atoms with van der Waals surface area (Å²) >= 11 is 7.89. The monoisotopic (exact) mass is 517 g/mol. The summed E-state index contributed by atoms with van der Waals surface area (Å²) in [7, 11) is 0. The first kappa shape index (κ1) is 25.5. The summed E-state index contributed by atoms with van der Waals surface area (Å²) in [6, 6.07) is 9.06. The van der Waals surface area contributed by atoms with Gasteiger partial charge in [0.15, 0.2) is 0 Å². The maximum atomic E-state index is 12.8. The molecule has 1 unspecified atom stereocenters. The second-order valence-corrected chi connectivity index (χ2v) is 10.6. The molecule has 0 spiro atoms. The van der Waals surface area contributed by atoms with Gasteiger partial charge in [0.1, 0.15) is 10.4 Å². The number of aryl methyl sites for hydroxylation is 1. The maximum absolute atomic E-state index is 12.8. The lowest BCUT2D eigenvalue weighted by Crippen LogP contribution is -2.43. The normalized spacial score (nSPS) is 16.8. The Balaban J connectivity index is 1.28. The quantitative estimate of drug-likeness (QED) is 0.393. The highest BCUT2D eigenvalue weighted by Crippen LogP contribution is 2.38. The number of halogens is 1. The summed E-state index contributed by atoms with van der Waals surface area (Å²) in [5.41, 5.74) is 2.35. The van der Waals surface area contributed by atoms with Gasteiger partial charge in [0.2, 0.25) is 5.91 Å². The summed E-state index contributed by atoms with van der Waals surface area (Å²) in [6.45, 7) is 3.83. The van der Waals surface area contributed by atoms with Gasteiger partial charge < -0.3 is 15.0 Å². The number of hydrogen-bond acceptors (Lipinski definition) is 5. The standard InChI is InChI=1S/C26H32ClN3O4S/c1-2-34-25(32)21-19-10-6-7-11-20(19)35-23(21)29-26(33)28-16-17-12-14-30(15-13-17)24(31)22(27)18-8-4-3-5-9-18/h3-5,8-9,17,22H,2,6-7,10-16H2,1H3,(H2,28,29,33). The summed E-state index contributed by atoms with van der Waals surface area (Å²) in [4.78, 5) is 41.0. The van der Waals surface area contributed by atoms with Gasteiger partial charge in [0.05, 0.1) is 12.2 Å². The number of benzene rings is 1. The molecule has 3 amide bonds. The van der Waals surface area contributed by atoms with Gasteiger partial charge in [-0.1, -0.05) is 30.3 Å². The molecule has 1 fully saturated rings. The van der Waals surface area contributed by atoms with Crippen molar-refractivity contribution in [1.82, 2.24) is 10.2 Å². The van der Waals surface area contributed by atoms with Crippen molar-refractivity contribution in [3.8, 4) is 0 Å². The van der Waals surface area contributed by atoms with Crippen LogP contribution in [-0.4, -0.2) is 49.0 Å².